The van der Waals surface area contributed by atoms with Crippen LogP contribution in [0.1, 0.15) is 37.3 Å². The van der Waals surface area contributed by atoms with Crippen molar-refractivity contribution in [2.45, 2.75) is 24.5 Å². The Hall–Kier alpha value is -4.48. The molecule has 1 aliphatic rings. The summed E-state index contributed by atoms with van der Waals surface area (Å²) in [5.74, 6) is -1.99. The molecule has 1 saturated heterocycles. The van der Waals surface area contributed by atoms with Gasteiger partial charge in [-0.15, -0.1) is 0 Å². The van der Waals surface area contributed by atoms with Gasteiger partial charge in [0.15, 0.2) is 23.2 Å². The minimum Gasteiger partial charge on any atom is -0.459 e. The van der Waals surface area contributed by atoms with E-state index in [4.69, 9.17) is 54.4 Å². The van der Waals surface area contributed by atoms with Gasteiger partial charge in [0.25, 0.3) is 0 Å². The van der Waals surface area contributed by atoms with Crippen LogP contribution in [0, 0.1) is 4.77 Å². The summed E-state index contributed by atoms with van der Waals surface area (Å²) in [6.07, 6.45) is -4.68. The summed E-state index contributed by atoms with van der Waals surface area (Å²) < 4.78 is 25.8. The molecule has 0 unspecified atom stereocenters. The Balaban J connectivity index is 1.41. The van der Waals surface area contributed by atoms with Gasteiger partial charge in [-0.1, -0.05) is 77.8 Å². The number of fused-ring (bicyclic) bond motifs is 1. The molecule has 1 aliphatic heterocycles. The Labute approximate surface area is 272 Å². The lowest BCUT2D eigenvalue weighted by atomic mass is 10.1. The van der Waals surface area contributed by atoms with Crippen LogP contribution in [-0.4, -0.2) is 52.4 Å². The normalized spacial score (nSPS) is 19.2. The number of esters is 3. The number of hydrogen-bond acceptors (Lipinski definition) is 8. The van der Waals surface area contributed by atoms with Gasteiger partial charge in [-0.2, -0.15) is 0 Å². The molecule has 45 heavy (non-hydrogen) atoms. The number of aromatic amines is 1. The highest BCUT2D eigenvalue weighted by Gasteiger charge is 2.52. The second kappa shape index (κ2) is 13.3. The van der Waals surface area contributed by atoms with Gasteiger partial charge in [0.1, 0.15) is 12.7 Å². The number of imidazole rings is 1. The molecule has 0 amide bonds. The Morgan fingerprint density at radius 3 is 1.78 bits per heavy atom. The molecule has 0 bridgehead atoms. The first-order chi connectivity index (χ1) is 21.8. The number of carbonyl (C=O) groups excluding carboxylic acids is 3. The lowest BCUT2D eigenvalue weighted by molar-refractivity contribution is -0.0609. The maximum Gasteiger partial charge on any atom is 0.338 e. The highest BCUT2D eigenvalue weighted by atomic mass is 35.5. The molecule has 0 aliphatic carbocycles. The molecule has 228 valence electrons. The molecule has 9 nitrogen and oxygen atoms in total. The maximum absolute atomic E-state index is 13.4. The third kappa shape index (κ3) is 6.50. The zero-order valence-corrected chi connectivity index (χ0v) is 25.6. The van der Waals surface area contributed by atoms with E-state index in [2.05, 4.69) is 4.98 Å². The summed E-state index contributed by atoms with van der Waals surface area (Å²) in [5.41, 5.74) is 1.89. The number of ether oxygens (including phenoxy) is 4. The lowest BCUT2D eigenvalue weighted by Crippen LogP contribution is -2.41. The summed E-state index contributed by atoms with van der Waals surface area (Å²) in [5, 5.41) is 0.551. The predicted octanol–water partition coefficient (Wildman–Crippen LogP) is 7.21. The number of halogens is 2. The quantitative estimate of drug-likeness (QED) is 0.105. The number of hydrogen-bond donors (Lipinski definition) is 1. The van der Waals surface area contributed by atoms with Crippen LogP contribution in [0.15, 0.2) is 103 Å². The molecule has 0 saturated carbocycles. The van der Waals surface area contributed by atoms with Crippen LogP contribution in [0.25, 0.3) is 11.0 Å². The Kier molecular flexibility index (Phi) is 8.99. The van der Waals surface area contributed by atoms with Gasteiger partial charge in [0, 0.05) is 0 Å². The van der Waals surface area contributed by atoms with Crippen molar-refractivity contribution < 1.29 is 33.3 Å². The van der Waals surface area contributed by atoms with Gasteiger partial charge in [-0.25, -0.2) is 14.4 Å². The van der Waals surface area contributed by atoms with Crippen molar-refractivity contribution in [1.82, 2.24) is 9.55 Å². The predicted molar refractivity (Wildman–Crippen MR) is 169 cm³/mol. The average molecular weight is 664 g/mol. The van der Waals surface area contributed by atoms with Crippen molar-refractivity contribution in [3.63, 3.8) is 0 Å². The third-order valence-corrected chi connectivity index (χ3v) is 8.21. The standard InChI is InChI=1S/C33H24Cl2N2O7S/c34-22-16-24-25(17-23(22)35)37(33(45)36-24)29-28(44-32(40)21-14-8-3-9-15-21)27(43-31(39)20-12-6-2-7-13-20)26(42-29)18-41-30(38)19-10-4-1-5-11-19/h1-17,26-29H,18H2,(H,36,45)/t26-,27-,28-,29-/m1/s1. The van der Waals surface area contributed by atoms with Crippen molar-refractivity contribution >= 4 is 64.4 Å². The number of rotatable bonds is 8. The van der Waals surface area contributed by atoms with E-state index >= 15 is 0 Å². The van der Waals surface area contributed by atoms with E-state index in [1.165, 1.54) is 0 Å². The van der Waals surface area contributed by atoms with Crippen LogP contribution >= 0.6 is 35.4 Å². The smallest absolute Gasteiger partial charge is 0.338 e. The van der Waals surface area contributed by atoms with Crippen LogP contribution in [0.5, 0.6) is 0 Å². The van der Waals surface area contributed by atoms with E-state index in [0.29, 0.717) is 21.6 Å². The summed E-state index contributed by atoms with van der Waals surface area (Å²) in [7, 11) is 0. The molecular weight excluding hydrogens is 639 g/mol. The van der Waals surface area contributed by atoms with E-state index in [9.17, 15) is 14.4 Å². The van der Waals surface area contributed by atoms with Crippen molar-refractivity contribution in [1.29, 1.82) is 0 Å². The lowest BCUT2D eigenvalue weighted by Gasteiger charge is -2.25. The molecule has 0 spiro atoms. The first kappa shape index (κ1) is 30.5. The minimum atomic E-state index is -1.24. The van der Waals surface area contributed by atoms with Gasteiger partial charge >= 0.3 is 17.9 Å². The molecule has 1 fully saturated rings. The number of aromatic nitrogens is 2. The van der Waals surface area contributed by atoms with Gasteiger partial charge < -0.3 is 23.9 Å². The first-order valence-electron chi connectivity index (χ1n) is 13.8. The Morgan fingerprint density at radius 2 is 1.22 bits per heavy atom. The van der Waals surface area contributed by atoms with Crippen LogP contribution < -0.4 is 0 Å². The molecule has 4 aromatic carbocycles. The van der Waals surface area contributed by atoms with Gasteiger partial charge in [-0.3, -0.25) is 4.57 Å². The summed E-state index contributed by atoms with van der Waals surface area (Å²) in [6.45, 7) is -0.335. The second-order valence-electron chi connectivity index (χ2n) is 10.1. The molecule has 0 radical (unpaired) electrons. The highest BCUT2D eigenvalue weighted by Crippen LogP contribution is 2.39. The molecule has 6 rings (SSSR count). The molecular formula is C33H24Cl2N2O7S. The number of nitrogens with one attached hydrogen (secondary N) is 1. The van der Waals surface area contributed by atoms with Crippen molar-refractivity contribution in [2.75, 3.05) is 6.61 Å². The summed E-state index contributed by atoms with van der Waals surface area (Å²) >= 11 is 18.3. The monoisotopic (exact) mass is 662 g/mol. The first-order valence-corrected chi connectivity index (χ1v) is 15.0. The zero-order chi connectivity index (χ0) is 31.5. The second-order valence-corrected chi connectivity index (χ2v) is 11.3. The van der Waals surface area contributed by atoms with Gasteiger partial charge in [0.05, 0.1) is 37.8 Å². The van der Waals surface area contributed by atoms with E-state index < -0.39 is 42.4 Å². The molecule has 1 aromatic heterocycles. The van der Waals surface area contributed by atoms with Crippen LogP contribution in [0.2, 0.25) is 10.0 Å². The maximum atomic E-state index is 13.4. The van der Waals surface area contributed by atoms with Crippen molar-refractivity contribution in [3.8, 4) is 0 Å². The fourth-order valence-corrected chi connectivity index (χ4v) is 5.67. The average Bonchev–Trinajstić information content (AvgIpc) is 3.55. The highest BCUT2D eigenvalue weighted by molar-refractivity contribution is 7.71. The summed E-state index contributed by atoms with van der Waals surface area (Å²) in [4.78, 5) is 42.8. The zero-order valence-electron chi connectivity index (χ0n) is 23.3. The molecule has 2 heterocycles. The summed E-state index contributed by atoms with van der Waals surface area (Å²) in [6, 6.07) is 28.3. The topological polar surface area (TPSA) is 109 Å². The number of carbonyl (C=O) groups is 3. The minimum absolute atomic E-state index is 0.198. The number of benzene rings is 4. The molecule has 1 N–H and O–H groups in total. The van der Waals surface area contributed by atoms with E-state index in [-0.39, 0.29) is 27.5 Å². The Bertz CT molecular complexity index is 1920. The molecule has 5 aromatic rings. The van der Waals surface area contributed by atoms with E-state index in [1.54, 1.807) is 108 Å². The van der Waals surface area contributed by atoms with Gasteiger partial charge in [-0.05, 0) is 60.7 Å². The van der Waals surface area contributed by atoms with Crippen LogP contribution in [0.4, 0.5) is 0 Å². The third-order valence-electron chi connectivity index (χ3n) is 7.19. The fraction of sp³-hybridized carbons (Fsp3) is 0.152. The molecule has 4 atom stereocenters. The SMILES string of the molecule is O=C(OC[C@H]1O[C@@H](n2c(=S)[nH]c3cc(Cl)c(Cl)cc32)[C@H](OC(=O)c2ccccc2)[C@@H]1OC(=O)c1ccccc1)c1ccccc1. The molecule has 12 heteroatoms. The van der Waals surface area contributed by atoms with Crippen LogP contribution in [-0.2, 0) is 18.9 Å². The van der Waals surface area contributed by atoms with Crippen molar-refractivity contribution in [2.24, 2.45) is 0 Å². The largest absolute Gasteiger partial charge is 0.459 e. The number of H-pyrrole nitrogens is 1. The van der Waals surface area contributed by atoms with Crippen molar-refractivity contribution in [3.05, 3.63) is 135 Å². The van der Waals surface area contributed by atoms with E-state index in [0.717, 1.165) is 0 Å². The Morgan fingerprint density at radius 1 is 0.733 bits per heavy atom. The van der Waals surface area contributed by atoms with E-state index in [1.807, 2.05) is 0 Å². The van der Waals surface area contributed by atoms with Crippen LogP contribution in [0.3, 0.4) is 0 Å². The number of nitrogens with zero attached hydrogens (tertiary/aromatic N) is 1. The fourth-order valence-electron chi connectivity index (χ4n) is 5.04. The van der Waals surface area contributed by atoms with Gasteiger partial charge in [0.2, 0.25) is 0 Å².